The molecular formula is C12H18N2O4. The van der Waals surface area contributed by atoms with E-state index in [4.69, 9.17) is 9.52 Å². The van der Waals surface area contributed by atoms with E-state index in [0.29, 0.717) is 12.1 Å². The first-order chi connectivity index (χ1) is 8.56. The van der Waals surface area contributed by atoms with Gasteiger partial charge in [-0.1, -0.05) is 0 Å². The highest BCUT2D eigenvalue weighted by Crippen LogP contribution is 2.13. The van der Waals surface area contributed by atoms with Gasteiger partial charge in [0.1, 0.15) is 12.2 Å². The van der Waals surface area contributed by atoms with Crippen molar-refractivity contribution in [1.29, 1.82) is 0 Å². The Kier molecular flexibility index (Phi) is 5.38. The van der Waals surface area contributed by atoms with Crippen molar-refractivity contribution in [3.8, 4) is 0 Å². The first-order valence-electron chi connectivity index (χ1n) is 5.74. The molecule has 0 unspecified atom stereocenters. The predicted molar refractivity (Wildman–Crippen MR) is 65.6 cm³/mol. The number of hydrogen-bond acceptors (Lipinski definition) is 4. The van der Waals surface area contributed by atoms with E-state index in [9.17, 15) is 9.59 Å². The van der Waals surface area contributed by atoms with Crippen molar-refractivity contribution in [1.82, 2.24) is 10.2 Å². The fourth-order valence-electron chi connectivity index (χ4n) is 1.61. The highest BCUT2D eigenvalue weighted by atomic mass is 16.4. The topological polar surface area (TPSA) is 82.8 Å². The Morgan fingerprint density at radius 3 is 2.83 bits per heavy atom. The van der Waals surface area contributed by atoms with Crippen molar-refractivity contribution in [3.63, 3.8) is 0 Å². The molecule has 1 amide bonds. The molecule has 0 aliphatic heterocycles. The average Bonchev–Trinajstić information content (AvgIpc) is 2.75. The largest absolute Gasteiger partial charge is 0.481 e. The highest BCUT2D eigenvalue weighted by molar-refractivity contribution is 5.95. The third kappa shape index (κ3) is 3.89. The molecule has 18 heavy (non-hydrogen) atoms. The summed E-state index contributed by atoms with van der Waals surface area (Å²) < 4.78 is 5.03. The zero-order valence-electron chi connectivity index (χ0n) is 10.6. The lowest BCUT2D eigenvalue weighted by Gasteiger charge is -2.16. The summed E-state index contributed by atoms with van der Waals surface area (Å²) in [5.74, 6) is -1.03. The SMILES string of the molecule is CNCCCN(C)C(=O)c1ccoc1CC(=O)O. The lowest BCUT2D eigenvalue weighted by atomic mass is 10.2. The fraction of sp³-hybridized carbons (Fsp3) is 0.500. The second-order valence-corrected chi connectivity index (χ2v) is 4.01. The number of amides is 1. The normalized spacial score (nSPS) is 10.3. The van der Waals surface area contributed by atoms with Crippen molar-refractivity contribution >= 4 is 11.9 Å². The van der Waals surface area contributed by atoms with E-state index in [0.717, 1.165) is 13.0 Å². The molecule has 100 valence electrons. The summed E-state index contributed by atoms with van der Waals surface area (Å²) in [6.07, 6.45) is 1.90. The molecule has 0 aromatic carbocycles. The molecule has 1 aromatic rings. The van der Waals surface area contributed by atoms with Gasteiger partial charge in [0, 0.05) is 13.6 Å². The standard InChI is InChI=1S/C12H18N2O4/c1-13-5-3-6-14(2)12(17)9-4-7-18-10(9)8-11(15)16/h4,7,13H,3,5-6,8H2,1-2H3,(H,15,16). The van der Waals surface area contributed by atoms with Crippen LogP contribution < -0.4 is 5.32 Å². The van der Waals surface area contributed by atoms with Crippen LogP contribution in [0.2, 0.25) is 0 Å². The molecule has 1 rings (SSSR count). The second-order valence-electron chi connectivity index (χ2n) is 4.01. The molecular weight excluding hydrogens is 236 g/mol. The van der Waals surface area contributed by atoms with Crippen LogP contribution >= 0.6 is 0 Å². The van der Waals surface area contributed by atoms with Gasteiger partial charge in [-0.05, 0) is 26.1 Å². The molecule has 0 aliphatic rings. The lowest BCUT2D eigenvalue weighted by molar-refractivity contribution is -0.136. The Hall–Kier alpha value is -1.82. The molecule has 2 N–H and O–H groups in total. The minimum atomic E-state index is -1.02. The number of rotatable bonds is 7. The molecule has 0 spiro atoms. The van der Waals surface area contributed by atoms with E-state index < -0.39 is 5.97 Å². The molecule has 0 bridgehead atoms. The maximum absolute atomic E-state index is 12.1. The predicted octanol–water partition coefficient (Wildman–Crippen LogP) is 0.588. The maximum Gasteiger partial charge on any atom is 0.311 e. The van der Waals surface area contributed by atoms with Crippen LogP contribution in [0.25, 0.3) is 0 Å². The molecule has 0 saturated carbocycles. The number of aliphatic carboxylic acids is 1. The Morgan fingerprint density at radius 1 is 1.50 bits per heavy atom. The zero-order chi connectivity index (χ0) is 13.5. The van der Waals surface area contributed by atoms with Crippen LogP contribution in [0.4, 0.5) is 0 Å². The van der Waals surface area contributed by atoms with Gasteiger partial charge in [0.25, 0.3) is 5.91 Å². The third-order valence-electron chi connectivity index (χ3n) is 2.55. The summed E-state index contributed by atoms with van der Waals surface area (Å²) in [7, 11) is 3.54. The number of nitrogens with zero attached hydrogens (tertiary/aromatic N) is 1. The lowest BCUT2D eigenvalue weighted by Crippen LogP contribution is -2.29. The average molecular weight is 254 g/mol. The van der Waals surface area contributed by atoms with Crippen LogP contribution in [0.3, 0.4) is 0 Å². The minimum Gasteiger partial charge on any atom is -0.481 e. The van der Waals surface area contributed by atoms with Gasteiger partial charge in [-0.2, -0.15) is 0 Å². The molecule has 0 saturated heterocycles. The number of carbonyl (C=O) groups is 2. The van der Waals surface area contributed by atoms with Crippen LogP contribution in [-0.2, 0) is 11.2 Å². The Labute approximate surface area is 106 Å². The van der Waals surface area contributed by atoms with E-state index in [1.54, 1.807) is 11.9 Å². The molecule has 0 aliphatic carbocycles. The number of hydrogen-bond donors (Lipinski definition) is 2. The number of carbonyl (C=O) groups excluding carboxylic acids is 1. The van der Waals surface area contributed by atoms with Crippen molar-refractivity contribution in [2.24, 2.45) is 0 Å². The summed E-state index contributed by atoms with van der Waals surface area (Å²) in [6.45, 7) is 1.43. The highest BCUT2D eigenvalue weighted by Gasteiger charge is 2.19. The molecule has 0 fully saturated rings. The monoisotopic (exact) mass is 254 g/mol. The minimum absolute atomic E-state index is 0.202. The van der Waals surface area contributed by atoms with E-state index in [1.165, 1.54) is 12.3 Å². The summed E-state index contributed by atoms with van der Waals surface area (Å²) in [5.41, 5.74) is 0.323. The van der Waals surface area contributed by atoms with Crippen molar-refractivity contribution in [2.45, 2.75) is 12.8 Å². The number of carboxylic acids is 1. The Bertz CT molecular complexity index is 414. The molecule has 1 heterocycles. The number of nitrogens with one attached hydrogen (secondary N) is 1. The van der Waals surface area contributed by atoms with Crippen molar-refractivity contribution < 1.29 is 19.1 Å². The van der Waals surface area contributed by atoms with E-state index in [-0.39, 0.29) is 18.1 Å². The number of carboxylic acid groups (broad SMARTS) is 1. The van der Waals surface area contributed by atoms with Gasteiger partial charge in [0.05, 0.1) is 11.8 Å². The van der Waals surface area contributed by atoms with Gasteiger partial charge in [-0.3, -0.25) is 9.59 Å². The Balaban J connectivity index is 2.65. The molecule has 6 heteroatoms. The van der Waals surface area contributed by atoms with Gasteiger partial charge >= 0.3 is 5.97 Å². The van der Waals surface area contributed by atoms with Crippen LogP contribution in [-0.4, -0.2) is 49.1 Å². The molecule has 6 nitrogen and oxygen atoms in total. The smallest absolute Gasteiger partial charge is 0.311 e. The zero-order valence-corrected chi connectivity index (χ0v) is 10.6. The van der Waals surface area contributed by atoms with Crippen molar-refractivity contribution in [2.75, 3.05) is 27.2 Å². The molecule has 0 atom stereocenters. The summed E-state index contributed by atoms with van der Waals surface area (Å²) in [5, 5.41) is 11.7. The van der Waals surface area contributed by atoms with Gasteiger partial charge < -0.3 is 19.7 Å². The summed E-state index contributed by atoms with van der Waals surface area (Å²) in [6, 6.07) is 1.51. The first-order valence-corrected chi connectivity index (χ1v) is 5.74. The van der Waals surface area contributed by atoms with Gasteiger partial charge in [0.15, 0.2) is 0 Å². The first kappa shape index (κ1) is 14.2. The Morgan fingerprint density at radius 2 is 2.22 bits per heavy atom. The molecule has 0 radical (unpaired) electrons. The molecule has 1 aromatic heterocycles. The fourth-order valence-corrected chi connectivity index (χ4v) is 1.61. The van der Waals surface area contributed by atoms with Gasteiger partial charge in [-0.25, -0.2) is 0 Å². The van der Waals surface area contributed by atoms with Gasteiger partial charge in [0.2, 0.25) is 0 Å². The van der Waals surface area contributed by atoms with Crippen LogP contribution in [0.15, 0.2) is 16.7 Å². The van der Waals surface area contributed by atoms with E-state index in [2.05, 4.69) is 5.32 Å². The van der Waals surface area contributed by atoms with E-state index in [1.807, 2.05) is 7.05 Å². The maximum atomic E-state index is 12.1. The summed E-state index contributed by atoms with van der Waals surface area (Å²) in [4.78, 5) is 24.2. The van der Waals surface area contributed by atoms with Gasteiger partial charge in [-0.15, -0.1) is 0 Å². The van der Waals surface area contributed by atoms with Crippen molar-refractivity contribution in [3.05, 3.63) is 23.7 Å². The second kappa shape index (κ2) is 6.80. The number of furan rings is 1. The quantitative estimate of drug-likeness (QED) is 0.696. The van der Waals surface area contributed by atoms with E-state index >= 15 is 0 Å². The van der Waals surface area contributed by atoms with Crippen LogP contribution in [0.1, 0.15) is 22.5 Å². The summed E-state index contributed by atoms with van der Waals surface area (Å²) >= 11 is 0. The van der Waals surface area contributed by atoms with Crippen LogP contribution in [0, 0.1) is 0 Å². The third-order valence-corrected chi connectivity index (χ3v) is 2.55. The van der Waals surface area contributed by atoms with Crippen LogP contribution in [0.5, 0.6) is 0 Å².